The van der Waals surface area contributed by atoms with Crippen LogP contribution >= 0.6 is 0 Å². The highest BCUT2D eigenvalue weighted by Crippen LogP contribution is 2.50. The second-order valence-electron chi connectivity index (χ2n) is 4.85. The molecule has 3 rings (SSSR count). The highest BCUT2D eigenvalue weighted by Gasteiger charge is 2.59. The first-order valence-corrected chi connectivity index (χ1v) is 5.72. The Morgan fingerprint density at radius 1 is 1.50 bits per heavy atom. The quantitative estimate of drug-likeness (QED) is 0.375. The molecule has 1 saturated carbocycles. The Balaban J connectivity index is 1.95. The molecule has 1 spiro atoms. The van der Waals surface area contributed by atoms with Gasteiger partial charge in [0.1, 0.15) is 18.5 Å². The summed E-state index contributed by atoms with van der Waals surface area (Å²) in [6.07, 6.45) is 5.63. The molecular weight excluding hydrogens is 208 g/mol. The maximum absolute atomic E-state index is 11.9. The van der Waals surface area contributed by atoms with Crippen LogP contribution in [0.15, 0.2) is 11.6 Å². The van der Waals surface area contributed by atoms with Crippen LogP contribution in [0.1, 0.15) is 19.3 Å². The minimum atomic E-state index is -0.269. The molecule has 0 unspecified atom stereocenters. The zero-order chi connectivity index (χ0) is 11.2. The SMILES string of the molecule is O=CC1=C[C@@H]2CCC[C@@]3(CO3)[C@H]2C(=O)OC1. The van der Waals surface area contributed by atoms with E-state index in [1.165, 1.54) is 0 Å². The third-order valence-corrected chi connectivity index (χ3v) is 3.86. The number of rotatable bonds is 1. The van der Waals surface area contributed by atoms with E-state index in [4.69, 9.17) is 9.47 Å². The van der Waals surface area contributed by atoms with Crippen molar-refractivity contribution in [2.24, 2.45) is 11.8 Å². The summed E-state index contributed by atoms with van der Waals surface area (Å²) in [5.41, 5.74) is 0.313. The summed E-state index contributed by atoms with van der Waals surface area (Å²) >= 11 is 0. The van der Waals surface area contributed by atoms with Crippen LogP contribution in [-0.4, -0.2) is 31.1 Å². The Kier molecular flexibility index (Phi) is 2.14. The molecule has 3 atom stereocenters. The fourth-order valence-electron chi connectivity index (χ4n) is 2.98. The van der Waals surface area contributed by atoms with Crippen molar-refractivity contribution in [2.75, 3.05) is 13.2 Å². The average molecular weight is 222 g/mol. The summed E-state index contributed by atoms with van der Waals surface area (Å²) in [5, 5.41) is 0. The highest BCUT2D eigenvalue weighted by atomic mass is 16.6. The summed E-state index contributed by atoms with van der Waals surface area (Å²) in [7, 11) is 0. The van der Waals surface area contributed by atoms with Crippen molar-refractivity contribution in [1.29, 1.82) is 0 Å². The monoisotopic (exact) mass is 222 g/mol. The van der Waals surface area contributed by atoms with Gasteiger partial charge >= 0.3 is 5.97 Å². The van der Waals surface area contributed by atoms with Crippen molar-refractivity contribution in [3.8, 4) is 0 Å². The van der Waals surface area contributed by atoms with Crippen molar-refractivity contribution in [1.82, 2.24) is 0 Å². The Morgan fingerprint density at radius 3 is 3.00 bits per heavy atom. The Bertz CT molecular complexity index is 367. The number of aldehydes is 1. The minimum Gasteiger partial charge on any atom is -0.460 e. The number of fused-ring (bicyclic) bond motifs is 2. The van der Waals surface area contributed by atoms with Gasteiger partial charge < -0.3 is 9.47 Å². The normalized spacial score (nSPS) is 41.8. The van der Waals surface area contributed by atoms with Gasteiger partial charge in [-0.2, -0.15) is 0 Å². The largest absolute Gasteiger partial charge is 0.460 e. The molecule has 86 valence electrons. The molecule has 2 fully saturated rings. The molecule has 3 aliphatic rings. The van der Waals surface area contributed by atoms with E-state index in [-0.39, 0.29) is 30.0 Å². The molecule has 0 N–H and O–H groups in total. The third-order valence-electron chi connectivity index (χ3n) is 3.86. The van der Waals surface area contributed by atoms with Gasteiger partial charge in [-0.05, 0) is 25.2 Å². The van der Waals surface area contributed by atoms with Crippen molar-refractivity contribution in [3.05, 3.63) is 11.6 Å². The molecule has 0 radical (unpaired) electrons. The number of allylic oxidation sites excluding steroid dienone is 1. The highest BCUT2D eigenvalue weighted by molar-refractivity contribution is 5.80. The van der Waals surface area contributed by atoms with Crippen LogP contribution < -0.4 is 0 Å². The van der Waals surface area contributed by atoms with E-state index in [2.05, 4.69) is 0 Å². The zero-order valence-electron chi connectivity index (χ0n) is 8.98. The van der Waals surface area contributed by atoms with Gasteiger partial charge in [0.15, 0.2) is 0 Å². The Hall–Kier alpha value is -1.16. The van der Waals surface area contributed by atoms with E-state index in [0.29, 0.717) is 12.2 Å². The number of carbonyl (C=O) groups is 2. The molecule has 0 bridgehead atoms. The van der Waals surface area contributed by atoms with Gasteiger partial charge in [0.25, 0.3) is 0 Å². The lowest BCUT2D eigenvalue weighted by Gasteiger charge is -2.31. The van der Waals surface area contributed by atoms with Gasteiger partial charge in [-0.3, -0.25) is 9.59 Å². The molecule has 0 aromatic heterocycles. The van der Waals surface area contributed by atoms with E-state index in [1.807, 2.05) is 6.08 Å². The van der Waals surface area contributed by atoms with Gasteiger partial charge in [0.05, 0.1) is 12.5 Å². The number of ether oxygens (including phenoxy) is 2. The van der Waals surface area contributed by atoms with E-state index in [9.17, 15) is 9.59 Å². The smallest absolute Gasteiger partial charge is 0.312 e. The number of carbonyl (C=O) groups excluding carboxylic acids is 2. The predicted molar refractivity (Wildman–Crippen MR) is 54.6 cm³/mol. The van der Waals surface area contributed by atoms with Crippen LogP contribution in [-0.2, 0) is 19.1 Å². The molecule has 0 aromatic carbocycles. The zero-order valence-corrected chi connectivity index (χ0v) is 8.98. The molecule has 2 aliphatic heterocycles. The molecule has 4 heteroatoms. The van der Waals surface area contributed by atoms with Gasteiger partial charge in [-0.25, -0.2) is 0 Å². The standard InChI is InChI=1S/C12H14O4/c13-5-8-4-9-2-1-3-12(7-16-12)10(9)11(14)15-6-8/h4-5,9-10H,1-3,6-7H2/t9-,10+,12+/m0/s1. The Labute approximate surface area is 93.6 Å². The molecule has 0 amide bonds. The van der Waals surface area contributed by atoms with Crippen molar-refractivity contribution in [3.63, 3.8) is 0 Å². The fourth-order valence-corrected chi connectivity index (χ4v) is 2.98. The first-order chi connectivity index (χ1) is 7.75. The average Bonchev–Trinajstić information content (AvgIpc) is 3.05. The molecule has 0 aromatic rings. The molecule has 2 heterocycles. The summed E-state index contributed by atoms with van der Waals surface area (Å²) in [6.45, 7) is 0.777. The minimum absolute atomic E-state index is 0.116. The van der Waals surface area contributed by atoms with Crippen molar-refractivity contribution < 1.29 is 19.1 Å². The lowest BCUT2D eigenvalue weighted by Crippen LogP contribution is -2.40. The van der Waals surface area contributed by atoms with E-state index in [1.54, 1.807) is 0 Å². The predicted octanol–water partition coefficient (Wildman–Crippen LogP) is 0.854. The second kappa shape index (κ2) is 3.42. The lowest BCUT2D eigenvalue weighted by atomic mass is 9.71. The van der Waals surface area contributed by atoms with Gasteiger partial charge in [-0.1, -0.05) is 6.08 Å². The van der Waals surface area contributed by atoms with Crippen LogP contribution in [0.3, 0.4) is 0 Å². The number of esters is 1. The van der Waals surface area contributed by atoms with Crippen LogP contribution in [0.2, 0.25) is 0 Å². The van der Waals surface area contributed by atoms with Crippen LogP contribution in [0.4, 0.5) is 0 Å². The number of hydrogen-bond acceptors (Lipinski definition) is 4. The molecule has 4 nitrogen and oxygen atoms in total. The number of epoxide rings is 1. The van der Waals surface area contributed by atoms with Gasteiger partial charge in [-0.15, -0.1) is 0 Å². The maximum atomic E-state index is 11.9. The molecule has 1 saturated heterocycles. The summed E-state index contributed by atoms with van der Waals surface area (Å²) < 4.78 is 10.6. The van der Waals surface area contributed by atoms with Crippen molar-refractivity contribution >= 4 is 12.3 Å². The first kappa shape index (κ1) is 10.0. The molecular formula is C12H14O4. The van der Waals surface area contributed by atoms with E-state index in [0.717, 1.165) is 25.5 Å². The summed E-state index contributed by atoms with van der Waals surface area (Å²) in [5.74, 6) is -0.277. The maximum Gasteiger partial charge on any atom is 0.312 e. The van der Waals surface area contributed by atoms with E-state index >= 15 is 0 Å². The summed E-state index contributed by atoms with van der Waals surface area (Å²) in [6, 6.07) is 0. The number of cyclic esters (lactones) is 1. The second-order valence-corrected chi connectivity index (χ2v) is 4.85. The topological polar surface area (TPSA) is 55.9 Å². The lowest BCUT2D eigenvalue weighted by molar-refractivity contribution is -0.152. The fraction of sp³-hybridized carbons (Fsp3) is 0.667. The Morgan fingerprint density at radius 2 is 2.31 bits per heavy atom. The van der Waals surface area contributed by atoms with Crippen molar-refractivity contribution in [2.45, 2.75) is 24.9 Å². The van der Waals surface area contributed by atoms with Crippen LogP contribution in [0.5, 0.6) is 0 Å². The first-order valence-electron chi connectivity index (χ1n) is 5.72. The van der Waals surface area contributed by atoms with Gasteiger partial charge in [0.2, 0.25) is 0 Å². The van der Waals surface area contributed by atoms with Crippen LogP contribution in [0.25, 0.3) is 0 Å². The van der Waals surface area contributed by atoms with E-state index < -0.39 is 0 Å². The molecule has 16 heavy (non-hydrogen) atoms. The third kappa shape index (κ3) is 1.40. The van der Waals surface area contributed by atoms with Gasteiger partial charge in [0, 0.05) is 5.57 Å². The molecule has 1 aliphatic carbocycles. The number of hydrogen-bond donors (Lipinski definition) is 0. The summed E-state index contributed by atoms with van der Waals surface area (Å²) in [4.78, 5) is 22.7. The van der Waals surface area contributed by atoms with Crippen LogP contribution in [0, 0.1) is 11.8 Å².